The average molecular weight is 269 g/mol. The molecule has 1 aliphatic heterocycles. The molecule has 0 bridgehead atoms. The van der Waals surface area contributed by atoms with Crippen molar-refractivity contribution in [1.29, 1.82) is 0 Å². The lowest BCUT2D eigenvalue weighted by atomic mass is 9.94. The minimum absolute atomic E-state index is 0.731. The fourth-order valence-corrected chi connectivity index (χ4v) is 3.53. The fourth-order valence-electron chi connectivity index (χ4n) is 3.53. The van der Waals surface area contributed by atoms with E-state index in [0.29, 0.717) is 0 Å². The molecule has 3 rings (SSSR count). The van der Waals surface area contributed by atoms with Gasteiger partial charge in [-0.1, -0.05) is 31.4 Å². The van der Waals surface area contributed by atoms with Gasteiger partial charge in [0.15, 0.2) is 5.69 Å². The van der Waals surface area contributed by atoms with Gasteiger partial charge in [0, 0.05) is 37.9 Å². The van der Waals surface area contributed by atoms with E-state index in [9.17, 15) is 0 Å². The summed E-state index contributed by atoms with van der Waals surface area (Å²) in [6.07, 6.45) is 7.08. The molecule has 3 nitrogen and oxygen atoms in total. The molecular formula is C17H23N3. The molecule has 1 aromatic rings. The van der Waals surface area contributed by atoms with Gasteiger partial charge in [0.05, 0.1) is 6.57 Å². The van der Waals surface area contributed by atoms with E-state index in [1.165, 1.54) is 50.9 Å². The minimum atomic E-state index is 0.731. The van der Waals surface area contributed by atoms with Crippen LogP contribution in [-0.2, 0) is 0 Å². The molecule has 2 aliphatic rings. The number of hydrogen-bond acceptors (Lipinski definition) is 2. The highest BCUT2D eigenvalue weighted by molar-refractivity contribution is 5.55. The first-order valence-corrected chi connectivity index (χ1v) is 7.83. The van der Waals surface area contributed by atoms with Gasteiger partial charge in [0.2, 0.25) is 0 Å². The van der Waals surface area contributed by atoms with E-state index < -0.39 is 0 Å². The zero-order valence-corrected chi connectivity index (χ0v) is 12.1. The Morgan fingerprint density at radius 2 is 1.55 bits per heavy atom. The molecule has 1 heterocycles. The molecule has 0 amide bonds. The van der Waals surface area contributed by atoms with E-state index in [4.69, 9.17) is 6.57 Å². The van der Waals surface area contributed by atoms with Gasteiger partial charge in [0.1, 0.15) is 0 Å². The molecule has 0 aromatic heterocycles. The summed E-state index contributed by atoms with van der Waals surface area (Å²) in [5.41, 5.74) is 2.00. The van der Waals surface area contributed by atoms with Crippen LogP contribution in [0.5, 0.6) is 0 Å². The summed E-state index contributed by atoms with van der Waals surface area (Å²) in [6.45, 7) is 11.6. The smallest absolute Gasteiger partial charge is 0.187 e. The molecule has 1 aromatic carbocycles. The second-order valence-corrected chi connectivity index (χ2v) is 5.94. The highest BCUT2D eigenvalue weighted by atomic mass is 15.3. The third kappa shape index (κ3) is 2.96. The molecule has 1 saturated heterocycles. The number of anilines is 1. The predicted octanol–water partition coefficient (Wildman–Crippen LogP) is 3.69. The first-order valence-electron chi connectivity index (χ1n) is 7.83. The lowest BCUT2D eigenvalue weighted by Gasteiger charge is -2.41. The maximum Gasteiger partial charge on any atom is 0.187 e. The van der Waals surface area contributed by atoms with Crippen LogP contribution >= 0.6 is 0 Å². The van der Waals surface area contributed by atoms with E-state index in [2.05, 4.69) is 26.8 Å². The number of nitrogens with zero attached hydrogens (tertiary/aromatic N) is 3. The maximum atomic E-state index is 7.00. The standard InChI is InChI=1S/C17H23N3/c1-18-15-7-9-17(10-8-15)20-13-11-19(12-14-20)16-5-3-2-4-6-16/h7-10,16H,2-6,11-14H2. The number of rotatable bonds is 2. The van der Waals surface area contributed by atoms with Crippen molar-refractivity contribution < 1.29 is 0 Å². The van der Waals surface area contributed by atoms with Gasteiger partial charge < -0.3 is 4.90 Å². The van der Waals surface area contributed by atoms with E-state index in [0.717, 1.165) is 24.8 Å². The molecule has 1 aliphatic carbocycles. The third-order valence-electron chi connectivity index (χ3n) is 4.75. The Bertz CT molecular complexity index is 460. The first kappa shape index (κ1) is 13.5. The van der Waals surface area contributed by atoms with Crippen LogP contribution in [0.25, 0.3) is 4.85 Å². The summed E-state index contributed by atoms with van der Waals surface area (Å²) in [6, 6.07) is 8.87. The Kier molecular flexibility index (Phi) is 4.22. The number of piperazine rings is 1. The Morgan fingerprint density at radius 3 is 2.15 bits per heavy atom. The van der Waals surface area contributed by atoms with Crippen molar-refractivity contribution in [1.82, 2.24) is 4.90 Å². The Balaban J connectivity index is 1.56. The fraction of sp³-hybridized carbons (Fsp3) is 0.588. The topological polar surface area (TPSA) is 10.8 Å². The molecule has 0 unspecified atom stereocenters. The molecule has 1 saturated carbocycles. The minimum Gasteiger partial charge on any atom is -0.369 e. The molecule has 2 fully saturated rings. The van der Waals surface area contributed by atoms with Gasteiger partial charge in [-0.05, 0) is 25.0 Å². The Morgan fingerprint density at radius 1 is 0.900 bits per heavy atom. The Hall–Kier alpha value is -1.53. The Labute approximate surface area is 122 Å². The lowest BCUT2D eigenvalue weighted by Crippen LogP contribution is -2.50. The van der Waals surface area contributed by atoms with Gasteiger partial charge in [0.25, 0.3) is 0 Å². The van der Waals surface area contributed by atoms with Crippen molar-refractivity contribution in [2.75, 3.05) is 31.1 Å². The van der Waals surface area contributed by atoms with Crippen molar-refractivity contribution in [3.05, 3.63) is 35.7 Å². The predicted molar refractivity (Wildman–Crippen MR) is 83.4 cm³/mol. The first-order chi connectivity index (χ1) is 9.86. The second kappa shape index (κ2) is 6.28. The van der Waals surface area contributed by atoms with Crippen molar-refractivity contribution >= 4 is 11.4 Å². The quantitative estimate of drug-likeness (QED) is 0.758. The van der Waals surface area contributed by atoms with E-state index in [-0.39, 0.29) is 0 Å². The second-order valence-electron chi connectivity index (χ2n) is 5.94. The molecular weight excluding hydrogens is 246 g/mol. The molecule has 20 heavy (non-hydrogen) atoms. The van der Waals surface area contributed by atoms with Gasteiger partial charge in [-0.15, -0.1) is 0 Å². The third-order valence-corrected chi connectivity index (χ3v) is 4.75. The van der Waals surface area contributed by atoms with E-state index >= 15 is 0 Å². The summed E-state index contributed by atoms with van der Waals surface area (Å²) in [5.74, 6) is 0. The molecule has 0 N–H and O–H groups in total. The van der Waals surface area contributed by atoms with Crippen LogP contribution in [0.3, 0.4) is 0 Å². The van der Waals surface area contributed by atoms with Crippen molar-refractivity contribution in [2.45, 2.75) is 38.1 Å². The highest BCUT2D eigenvalue weighted by Gasteiger charge is 2.24. The largest absolute Gasteiger partial charge is 0.369 e. The number of benzene rings is 1. The summed E-state index contributed by atoms with van der Waals surface area (Å²) in [4.78, 5) is 8.60. The van der Waals surface area contributed by atoms with E-state index in [1.54, 1.807) is 0 Å². The zero-order chi connectivity index (χ0) is 13.8. The van der Waals surface area contributed by atoms with Crippen LogP contribution in [-0.4, -0.2) is 37.1 Å². The van der Waals surface area contributed by atoms with E-state index in [1.807, 2.05) is 12.1 Å². The summed E-state index contributed by atoms with van der Waals surface area (Å²) < 4.78 is 0. The van der Waals surface area contributed by atoms with Crippen molar-refractivity contribution in [3.8, 4) is 0 Å². The highest BCUT2D eigenvalue weighted by Crippen LogP contribution is 2.25. The molecule has 0 spiro atoms. The monoisotopic (exact) mass is 269 g/mol. The zero-order valence-electron chi connectivity index (χ0n) is 12.1. The van der Waals surface area contributed by atoms with Crippen LogP contribution in [0.15, 0.2) is 24.3 Å². The van der Waals surface area contributed by atoms with Crippen molar-refractivity contribution in [3.63, 3.8) is 0 Å². The summed E-state index contributed by atoms with van der Waals surface area (Å²) in [5, 5.41) is 0. The van der Waals surface area contributed by atoms with Crippen LogP contribution in [0, 0.1) is 6.57 Å². The van der Waals surface area contributed by atoms with Gasteiger partial charge >= 0.3 is 0 Å². The SMILES string of the molecule is [C-]#[N+]c1ccc(N2CCN(C3CCCCC3)CC2)cc1. The normalized spacial score (nSPS) is 21.6. The summed E-state index contributed by atoms with van der Waals surface area (Å²) in [7, 11) is 0. The van der Waals surface area contributed by atoms with Gasteiger partial charge in [-0.2, -0.15) is 0 Å². The van der Waals surface area contributed by atoms with Crippen molar-refractivity contribution in [2.24, 2.45) is 0 Å². The van der Waals surface area contributed by atoms with Crippen LogP contribution in [0.4, 0.5) is 11.4 Å². The van der Waals surface area contributed by atoms with Gasteiger partial charge in [-0.3, -0.25) is 4.90 Å². The van der Waals surface area contributed by atoms with Crippen LogP contribution in [0.1, 0.15) is 32.1 Å². The summed E-state index contributed by atoms with van der Waals surface area (Å²) >= 11 is 0. The van der Waals surface area contributed by atoms with Gasteiger partial charge in [-0.25, -0.2) is 4.85 Å². The molecule has 0 atom stereocenters. The molecule has 3 heteroatoms. The van der Waals surface area contributed by atoms with Crippen LogP contribution < -0.4 is 4.90 Å². The maximum absolute atomic E-state index is 7.00. The lowest BCUT2D eigenvalue weighted by molar-refractivity contribution is 0.148. The molecule has 0 radical (unpaired) electrons. The average Bonchev–Trinajstić information content (AvgIpc) is 2.56. The number of hydrogen-bond donors (Lipinski definition) is 0. The van der Waals surface area contributed by atoms with Crippen LogP contribution in [0.2, 0.25) is 0 Å². The molecule has 106 valence electrons.